The van der Waals surface area contributed by atoms with Crippen LogP contribution in [0, 0.1) is 5.92 Å². The largest absolute Gasteiger partial charge is 0.475 e. The van der Waals surface area contributed by atoms with Gasteiger partial charge in [0, 0.05) is 25.0 Å². The fraction of sp³-hybridized carbons (Fsp3) is 0.407. The Morgan fingerprint density at radius 1 is 1.10 bits per heavy atom. The number of anilines is 1. The van der Waals surface area contributed by atoms with Gasteiger partial charge in [0.2, 0.25) is 5.82 Å². The number of nitrogens with zero attached hydrogens (tertiary/aromatic N) is 6. The minimum Gasteiger partial charge on any atom is -0.475 e. The van der Waals surface area contributed by atoms with E-state index in [1.807, 2.05) is 13.8 Å². The number of halogens is 3. The molecule has 204 valence electrons. The van der Waals surface area contributed by atoms with Gasteiger partial charge in [0.15, 0.2) is 23.1 Å². The summed E-state index contributed by atoms with van der Waals surface area (Å²) in [4.78, 5) is 33.9. The Kier molecular flexibility index (Phi) is 7.19. The Hall–Kier alpha value is -4.09. The van der Waals surface area contributed by atoms with Crippen LogP contribution in [0.3, 0.4) is 0 Å². The molecule has 0 spiro atoms. The standard InChI is InChI=1S/C27H28F3N7O2/c1-15(2)19-11-13-32-23(33-19)25-36-22-20(37(25)14-17-6-8-18(9-7-17)27(28,29)30)21(34-24(35-22)26(38)39)31-12-10-16-4-3-5-16/h6-9,11,13,15-16H,3-5,10,12,14H2,1-2H3,(H,38,39)(H,31,34,35). The molecule has 1 aliphatic carbocycles. The lowest BCUT2D eigenvalue weighted by Crippen LogP contribution is -2.17. The molecule has 1 fully saturated rings. The molecule has 2 N–H and O–H groups in total. The first kappa shape index (κ1) is 26.5. The van der Waals surface area contributed by atoms with E-state index in [0.29, 0.717) is 41.0 Å². The van der Waals surface area contributed by atoms with Crippen molar-refractivity contribution >= 4 is 23.0 Å². The Labute approximate surface area is 222 Å². The van der Waals surface area contributed by atoms with E-state index in [4.69, 9.17) is 0 Å². The van der Waals surface area contributed by atoms with Crippen LogP contribution in [0.25, 0.3) is 22.8 Å². The normalized spacial score (nSPS) is 14.1. The summed E-state index contributed by atoms with van der Waals surface area (Å²) in [5.74, 6) is -0.0701. The second-order valence-corrected chi connectivity index (χ2v) is 10.1. The van der Waals surface area contributed by atoms with Gasteiger partial charge in [0.05, 0.1) is 5.56 Å². The molecule has 0 amide bonds. The van der Waals surface area contributed by atoms with Crippen molar-refractivity contribution in [1.29, 1.82) is 0 Å². The van der Waals surface area contributed by atoms with Crippen LogP contribution in [0.5, 0.6) is 0 Å². The summed E-state index contributed by atoms with van der Waals surface area (Å²) in [7, 11) is 0. The number of hydrogen-bond donors (Lipinski definition) is 2. The fourth-order valence-corrected chi connectivity index (χ4v) is 4.54. The van der Waals surface area contributed by atoms with E-state index in [-0.39, 0.29) is 18.1 Å². The van der Waals surface area contributed by atoms with E-state index in [1.165, 1.54) is 31.4 Å². The van der Waals surface area contributed by atoms with E-state index < -0.39 is 23.5 Å². The van der Waals surface area contributed by atoms with Crippen molar-refractivity contribution in [2.24, 2.45) is 5.92 Å². The molecule has 1 aromatic carbocycles. The smallest absolute Gasteiger partial charge is 0.416 e. The Morgan fingerprint density at radius 3 is 2.46 bits per heavy atom. The molecule has 5 rings (SSSR count). The highest BCUT2D eigenvalue weighted by Gasteiger charge is 2.30. The van der Waals surface area contributed by atoms with Gasteiger partial charge in [-0.15, -0.1) is 0 Å². The number of nitrogens with one attached hydrogen (secondary N) is 1. The third-order valence-electron chi connectivity index (χ3n) is 6.95. The van der Waals surface area contributed by atoms with Crippen molar-refractivity contribution in [2.75, 3.05) is 11.9 Å². The van der Waals surface area contributed by atoms with E-state index in [1.54, 1.807) is 16.8 Å². The molecule has 1 aliphatic rings. The molecular formula is C27H28F3N7O2. The third kappa shape index (κ3) is 5.69. The summed E-state index contributed by atoms with van der Waals surface area (Å²) in [5.41, 5.74) is 1.18. The van der Waals surface area contributed by atoms with Gasteiger partial charge in [-0.05, 0) is 42.0 Å². The number of imidazole rings is 1. The summed E-state index contributed by atoms with van der Waals surface area (Å²) < 4.78 is 41.2. The molecule has 0 unspecified atom stereocenters. The number of rotatable bonds is 9. The third-order valence-corrected chi connectivity index (χ3v) is 6.95. The van der Waals surface area contributed by atoms with Gasteiger partial charge >= 0.3 is 12.1 Å². The van der Waals surface area contributed by atoms with Crippen molar-refractivity contribution in [2.45, 2.75) is 58.2 Å². The molecule has 0 radical (unpaired) electrons. The summed E-state index contributed by atoms with van der Waals surface area (Å²) in [5, 5.41) is 12.9. The first-order chi connectivity index (χ1) is 18.6. The molecule has 0 saturated heterocycles. The minimum atomic E-state index is -4.45. The Balaban J connectivity index is 1.64. The zero-order valence-electron chi connectivity index (χ0n) is 21.5. The predicted molar refractivity (Wildman–Crippen MR) is 138 cm³/mol. The Bertz CT molecular complexity index is 1500. The number of aromatic nitrogens is 6. The quantitative estimate of drug-likeness (QED) is 0.275. The monoisotopic (exact) mass is 539 g/mol. The molecule has 0 aliphatic heterocycles. The van der Waals surface area contributed by atoms with E-state index in [0.717, 1.165) is 24.2 Å². The summed E-state index contributed by atoms with van der Waals surface area (Å²) in [6.07, 6.45) is 1.62. The number of carboxylic acid groups (broad SMARTS) is 1. The molecule has 39 heavy (non-hydrogen) atoms. The molecular weight excluding hydrogens is 511 g/mol. The molecule has 3 aromatic heterocycles. The maximum atomic E-state index is 13.2. The highest BCUT2D eigenvalue weighted by Crippen LogP contribution is 2.32. The van der Waals surface area contributed by atoms with Crippen LogP contribution in [0.1, 0.15) is 72.9 Å². The molecule has 3 heterocycles. The van der Waals surface area contributed by atoms with Crippen molar-refractivity contribution in [3.8, 4) is 11.6 Å². The molecule has 0 bridgehead atoms. The zero-order chi connectivity index (χ0) is 27.7. The molecule has 9 nitrogen and oxygen atoms in total. The second-order valence-electron chi connectivity index (χ2n) is 10.1. The maximum Gasteiger partial charge on any atom is 0.416 e. The number of hydrogen-bond acceptors (Lipinski definition) is 7. The molecule has 4 aromatic rings. The maximum absolute atomic E-state index is 13.2. The van der Waals surface area contributed by atoms with Gasteiger partial charge in [-0.1, -0.05) is 45.2 Å². The summed E-state index contributed by atoms with van der Waals surface area (Å²) in [6.45, 7) is 4.68. The average Bonchev–Trinajstić information content (AvgIpc) is 3.23. The van der Waals surface area contributed by atoms with Crippen molar-refractivity contribution < 1.29 is 23.1 Å². The van der Waals surface area contributed by atoms with Gasteiger partial charge in [-0.3, -0.25) is 0 Å². The van der Waals surface area contributed by atoms with Crippen LogP contribution in [0.2, 0.25) is 0 Å². The number of carboxylic acids is 1. The Morgan fingerprint density at radius 2 is 1.85 bits per heavy atom. The molecule has 0 atom stereocenters. The van der Waals surface area contributed by atoms with Crippen LogP contribution >= 0.6 is 0 Å². The lowest BCUT2D eigenvalue weighted by molar-refractivity contribution is -0.137. The minimum absolute atomic E-state index is 0.113. The van der Waals surface area contributed by atoms with Crippen LogP contribution in [0.15, 0.2) is 36.5 Å². The number of aromatic carboxylic acids is 1. The summed E-state index contributed by atoms with van der Waals surface area (Å²) >= 11 is 0. The van der Waals surface area contributed by atoms with Crippen LogP contribution < -0.4 is 5.32 Å². The first-order valence-corrected chi connectivity index (χ1v) is 12.8. The van der Waals surface area contributed by atoms with Gasteiger partial charge in [0.1, 0.15) is 5.52 Å². The van der Waals surface area contributed by atoms with E-state index in [2.05, 4.69) is 30.2 Å². The number of carbonyl (C=O) groups is 1. The van der Waals surface area contributed by atoms with Gasteiger partial charge in [-0.25, -0.2) is 29.7 Å². The van der Waals surface area contributed by atoms with E-state index >= 15 is 0 Å². The summed E-state index contributed by atoms with van der Waals surface area (Å²) in [6, 6.07) is 6.66. The van der Waals surface area contributed by atoms with Gasteiger partial charge < -0.3 is 15.0 Å². The molecule has 12 heteroatoms. The fourth-order valence-electron chi connectivity index (χ4n) is 4.54. The number of fused-ring (bicyclic) bond motifs is 1. The average molecular weight is 540 g/mol. The molecule has 1 saturated carbocycles. The zero-order valence-corrected chi connectivity index (χ0v) is 21.5. The van der Waals surface area contributed by atoms with Crippen molar-refractivity contribution in [1.82, 2.24) is 29.5 Å². The SMILES string of the molecule is CC(C)c1ccnc(-c2nc3nc(C(=O)O)nc(NCCC4CCC4)c3n2Cc2ccc(C(F)(F)F)cc2)n1. The predicted octanol–water partition coefficient (Wildman–Crippen LogP) is 5.77. The second kappa shape index (κ2) is 10.6. The lowest BCUT2D eigenvalue weighted by atomic mass is 9.83. The first-order valence-electron chi connectivity index (χ1n) is 12.8. The number of alkyl halides is 3. The highest BCUT2D eigenvalue weighted by atomic mass is 19.4. The highest BCUT2D eigenvalue weighted by molar-refractivity contribution is 5.91. The number of benzene rings is 1. The van der Waals surface area contributed by atoms with Crippen molar-refractivity contribution in [3.63, 3.8) is 0 Å². The van der Waals surface area contributed by atoms with Crippen LogP contribution in [0.4, 0.5) is 19.0 Å². The van der Waals surface area contributed by atoms with Crippen LogP contribution in [-0.2, 0) is 12.7 Å². The van der Waals surface area contributed by atoms with Crippen molar-refractivity contribution in [3.05, 3.63) is 59.2 Å². The van der Waals surface area contributed by atoms with Crippen LogP contribution in [-0.4, -0.2) is 47.1 Å². The lowest BCUT2D eigenvalue weighted by Gasteiger charge is -2.25. The topological polar surface area (TPSA) is 119 Å². The van der Waals surface area contributed by atoms with Gasteiger partial charge in [0.25, 0.3) is 0 Å². The van der Waals surface area contributed by atoms with Gasteiger partial charge in [-0.2, -0.15) is 13.2 Å². The van der Waals surface area contributed by atoms with E-state index in [9.17, 15) is 23.1 Å².